The second kappa shape index (κ2) is 3.98. The molecular formula is C14H10N-. The molecule has 0 fully saturated rings. The normalized spacial score (nSPS) is 10.8. The summed E-state index contributed by atoms with van der Waals surface area (Å²) in [6.45, 7) is 4.75. The summed E-state index contributed by atoms with van der Waals surface area (Å²) in [6.07, 6.45) is 1.10. The van der Waals surface area contributed by atoms with Crippen LogP contribution < -0.4 is 0 Å². The third-order valence-electron chi connectivity index (χ3n) is 2.71. The van der Waals surface area contributed by atoms with E-state index in [4.69, 9.17) is 11.8 Å². The number of benzene rings is 2. The van der Waals surface area contributed by atoms with Gasteiger partial charge in [0.05, 0.1) is 0 Å². The number of hydrogen-bond donors (Lipinski definition) is 0. The van der Waals surface area contributed by atoms with Gasteiger partial charge in [-0.25, -0.2) is 0 Å². The first-order chi connectivity index (χ1) is 7.45. The summed E-state index contributed by atoms with van der Waals surface area (Å²) in [5, 5.41) is 6.25. The van der Waals surface area contributed by atoms with Gasteiger partial charge in [0.1, 0.15) is 0 Å². The molecule has 0 amide bonds. The molecule has 15 heavy (non-hydrogen) atoms. The Morgan fingerprint density at radius 2 is 1.13 bits per heavy atom. The van der Waals surface area contributed by atoms with Gasteiger partial charge < -0.3 is 11.8 Å². The van der Waals surface area contributed by atoms with Gasteiger partial charge in [0.15, 0.2) is 0 Å². The van der Waals surface area contributed by atoms with Crippen LogP contribution in [0.15, 0.2) is 48.5 Å². The van der Waals surface area contributed by atoms with E-state index in [-0.39, 0.29) is 0 Å². The number of rotatable bonds is 0. The van der Waals surface area contributed by atoms with E-state index in [1.165, 1.54) is 22.3 Å². The zero-order valence-electron chi connectivity index (χ0n) is 8.27. The van der Waals surface area contributed by atoms with Gasteiger partial charge in [-0.2, -0.15) is 0 Å². The largest absolute Gasteiger partial charge is 0.512 e. The third kappa shape index (κ3) is 1.51. The minimum atomic E-state index is 1.10. The van der Waals surface area contributed by atoms with E-state index in [0.29, 0.717) is 0 Å². The Morgan fingerprint density at radius 1 is 0.733 bits per heavy atom. The van der Waals surface area contributed by atoms with Crippen LogP contribution in [0.1, 0.15) is 11.1 Å². The molecule has 1 heteroatoms. The second-order valence-corrected chi connectivity index (χ2v) is 3.49. The molecular weight excluding hydrogens is 182 g/mol. The Labute approximate surface area is 89.6 Å². The van der Waals surface area contributed by atoms with Crippen molar-refractivity contribution in [1.29, 1.82) is 5.26 Å². The van der Waals surface area contributed by atoms with Gasteiger partial charge in [0.25, 0.3) is 0 Å². The molecule has 0 saturated carbocycles. The van der Waals surface area contributed by atoms with E-state index >= 15 is 0 Å². The maximum atomic E-state index is 6.25. The van der Waals surface area contributed by atoms with Crippen molar-refractivity contribution in [3.05, 3.63) is 66.2 Å². The quantitative estimate of drug-likeness (QED) is 0.501. The molecule has 0 spiro atoms. The Balaban J connectivity index is 0.000000404. The van der Waals surface area contributed by atoms with E-state index < -0.39 is 0 Å². The standard InChI is InChI=1S/C13H10.CN/c1-3-7-12-10(5-1)9-11-6-2-4-8-13(11)12;1-2/h1-8H,9H2;/q;-1. The fraction of sp³-hybridized carbons (Fsp3) is 0.0714. The van der Waals surface area contributed by atoms with Crippen LogP contribution >= 0.6 is 0 Å². The van der Waals surface area contributed by atoms with Gasteiger partial charge in [0, 0.05) is 0 Å². The summed E-state index contributed by atoms with van der Waals surface area (Å²) in [7, 11) is 0. The van der Waals surface area contributed by atoms with Crippen molar-refractivity contribution >= 4 is 0 Å². The maximum absolute atomic E-state index is 6.25. The monoisotopic (exact) mass is 192 g/mol. The van der Waals surface area contributed by atoms with E-state index in [2.05, 4.69) is 48.5 Å². The Bertz CT molecular complexity index is 454. The fourth-order valence-corrected chi connectivity index (χ4v) is 2.08. The minimum absolute atomic E-state index is 1.10. The van der Waals surface area contributed by atoms with Gasteiger partial charge in [-0.05, 0) is 28.7 Å². The van der Waals surface area contributed by atoms with Crippen molar-refractivity contribution in [2.75, 3.05) is 0 Å². The van der Waals surface area contributed by atoms with E-state index in [0.717, 1.165) is 6.42 Å². The zero-order chi connectivity index (χ0) is 10.7. The Hall–Kier alpha value is -2.07. The van der Waals surface area contributed by atoms with Crippen LogP contribution in [-0.2, 0) is 6.42 Å². The molecule has 0 saturated heterocycles. The molecule has 3 rings (SSSR count). The highest BCUT2D eigenvalue weighted by atomic mass is 14.2. The molecule has 1 nitrogen and oxygen atoms in total. The highest BCUT2D eigenvalue weighted by Crippen LogP contribution is 2.35. The van der Waals surface area contributed by atoms with Crippen molar-refractivity contribution in [1.82, 2.24) is 0 Å². The average Bonchev–Trinajstić information content (AvgIpc) is 2.70. The van der Waals surface area contributed by atoms with Crippen LogP contribution in [0.4, 0.5) is 0 Å². The first-order valence-electron chi connectivity index (χ1n) is 4.84. The molecule has 2 aromatic carbocycles. The molecule has 2 aromatic rings. The highest BCUT2D eigenvalue weighted by Gasteiger charge is 2.15. The molecule has 0 N–H and O–H groups in total. The van der Waals surface area contributed by atoms with E-state index in [9.17, 15) is 0 Å². The van der Waals surface area contributed by atoms with Gasteiger partial charge in [0.2, 0.25) is 0 Å². The SMILES string of the molecule is [C-]#N.c1ccc2c(c1)Cc1ccccc1-2. The summed E-state index contributed by atoms with van der Waals surface area (Å²) in [5.74, 6) is 0. The van der Waals surface area contributed by atoms with Crippen molar-refractivity contribution in [3.8, 4) is 11.1 Å². The molecule has 0 bridgehead atoms. The molecule has 0 heterocycles. The first-order valence-corrected chi connectivity index (χ1v) is 4.84. The summed E-state index contributed by atoms with van der Waals surface area (Å²) in [5.41, 5.74) is 5.75. The molecule has 0 atom stereocenters. The molecule has 0 aromatic heterocycles. The van der Waals surface area contributed by atoms with Crippen LogP contribution in [0.3, 0.4) is 0 Å². The lowest BCUT2D eigenvalue weighted by Crippen LogP contribution is -1.77. The summed E-state index contributed by atoms with van der Waals surface area (Å²) < 4.78 is 0. The van der Waals surface area contributed by atoms with Crippen LogP contribution in [-0.4, -0.2) is 0 Å². The zero-order valence-corrected chi connectivity index (χ0v) is 8.27. The fourth-order valence-electron chi connectivity index (χ4n) is 2.08. The lowest BCUT2D eigenvalue weighted by molar-refractivity contribution is 1.26. The van der Waals surface area contributed by atoms with Crippen molar-refractivity contribution in [2.45, 2.75) is 6.42 Å². The van der Waals surface area contributed by atoms with Gasteiger partial charge in [-0.15, -0.1) is 0 Å². The van der Waals surface area contributed by atoms with E-state index in [1.54, 1.807) is 0 Å². The number of hydrogen-bond acceptors (Lipinski definition) is 1. The lowest BCUT2D eigenvalue weighted by atomic mass is 10.1. The molecule has 0 aliphatic heterocycles. The van der Waals surface area contributed by atoms with Crippen LogP contribution in [0.25, 0.3) is 11.1 Å². The predicted molar refractivity (Wildman–Crippen MR) is 59.7 cm³/mol. The van der Waals surface area contributed by atoms with Crippen molar-refractivity contribution < 1.29 is 0 Å². The first kappa shape index (κ1) is 9.48. The van der Waals surface area contributed by atoms with Gasteiger partial charge >= 0.3 is 0 Å². The van der Waals surface area contributed by atoms with Crippen molar-refractivity contribution in [3.63, 3.8) is 0 Å². The van der Waals surface area contributed by atoms with E-state index in [1.807, 2.05) is 0 Å². The number of nitrogens with zero attached hydrogens (tertiary/aromatic N) is 1. The van der Waals surface area contributed by atoms with Crippen molar-refractivity contribution in [2.24, 2.45) is 0 Å². The average molecular weight is 192 g/mol. The second-order valence-electron chi connectivity index (χ2n) is 3.49. The minimum Gasteiger partial charge on any atom is -0.512 e. The summed E-state index contributed by atoms with van der Waals surface area (Å²) in [4.78, 5) is 0. The summed E-state index contributed by atoms with van der Waals surface area (Å²) in [6, 6.07) is 17.3. The smallest absolute Gasteiger partial charge is 0.00135 e. The Morgan fingerprint density at radius 3 is 1.60 bits per heavy atom. The molecule has 0 unspecified atom stereocenters. The highest BCUT2D eigenvalue weighted by molar-refractivity contribution is 5.76. The lowest BCUT2D eigenvalue weighted by Gasteiger charge is -1.98. The van der Waals surface area contributed by atoms with Gasteiger partial charge in [-0.1, -0.05) is 48.5 Å². The topological polar surface area (TPSA) is 23.8 Å². The Kier molecular flexibility index (Phi) is 2.51. The van der Waals surface area contributed by atoms with Crippen LogP contribution in [0.2, 0.25) is 0 Å². The number of fused-ring (bicyclic) bond motifs is 3. The van der Waals surface area contributed by atoms with Gasteiger partial charge in [-0.3, -0.25) is 0 Å². The predicted octanol–water partition coefficient (Wildman–Crippen LogP) is 3.35. The molecule has 0 radical (unpaired) electrons. The summed E-state index contributed by atoms with van der Waals surface area (Å²) >= 11 is 0. The maximum Gasteiger partial charge on any atom is -0.00135 e. The molecule has 1 aliphatic rings. The molecule has 72 valence electrons. The molecule has 1 aliphatic carbocycles. The van der Waals surface area contributed by atoms with Crippen LogP contribution in [0, 0.1) is 11.8 Å². The third-order valence-corrected chi connectivity index (χ3v) is 2.71. The van der Waals surface area contributed by atoms with Crippen LogP contribution in [0.5, 0.6) is 0 Å².